The van der Waals surface area contributed by atoms with Gasteiger partial charge in [0, 0.05) is 63.5 Å². The summed E-state index contributed by atoms with van der Waals surface area (Å²) in [5, 5.41) is 26.4. The monoisotopic (exact) mass is 444 g/mol. The summed E-state index contributed by atoms with van der Waals surface area (Å²) in [6, 6.07) is 5.14. The Bertz CT molecular complexity index is 1240. The number of hydrogen-bond donors (Lipinski definition) is 0. The lowest BCUT2D eigenvalue weighted by molar-refractivity contribution is 0.139. The van der Waals surface area contributed by atoms with Crippen molar-refractivity contribution in [2.24, 2.45) is 5.10 Å². The molecular formula is C20H20N12O. The van der Waals surface area contributed by atoms with Gasteiger partial charge >= 0.3 is 6.03 Å². The third kappa shape index (κ3) is 3.93. The lowest BCUT2D eigenvalue weighted by Gasteiger charge is -2.37. The molecule has 0 aliphatic carbocycles. The molecule has 0 saturated carbocycles. The number of piperazine rings is 1. The van der Waals surface area contributed by atoms with Crippen LogP contribution in [0.3, 0.4) is 0 Å². The molecule has 5 heterocycles. The van der Waals surface area contributed by atoms with Crippen LogP contribution in [0.25, 0.3) is 5.82 Å². The van der Waals surface area contributed by atoms with Crippen molar-refractivity contribution in [1.29, 1.82) is 5.26 Å². The van der Waals surface area contributed by atoms with E-state index >= 15 is 0 Å². The molecule has 13 nitrogen and oxygen atoms in total. The van der Waals surface area contributed by atoms with Crippen molar-refractivity contribution in [3.05, 3.63) is 47.7 Å². The molecule has 0 bridgehead atoms. The zero-order chi connectivity index (χ0) is 22.8. The van der Waals surface area contributed by atoms with Gasteiger partial charge in [-0.25, -0.2) is 14.8 Å². The second-order valence-corrected chi connectivity index (χ2v) is 7.62. The molecule has 2 aliphatic heterocycles. The van der Waals surface area contributed by atoms with Gasteiger partial charge in [-0.3, -0.25) is 4.98 Å². The summed E-state index contributed by atoms with van der Waals surface area (Å²) in [5.74, 6) is 1.78. The summed E-state index contributed by atoms with van der Waals surface area (Å²) in [6.07, 6.45) is 7.15. The van der Waals surface area contributed by atoms with E-state index in [9.17, 15) is 4.79 Å². The Morgan fingerprint density at radius 2 is 2.06 bits per heavy atom. The van der Waals surface area contributed by atoms with E-state index in [-0.39, 0.29) is 12.1 Å². The van der Waals surface area contributed by atoms with Crippen molar-refractivity contribution in [3.63, 3.8) is 0 Å². The maximum atomic E-state index is 13.2. The Kier molecular flexibility index (Phi) is 5.31. The molecule has 0 radical (unpaired) electrons. The van der Waals surface area contributed by atoms with E-state index in [1.807, 2.05) is 4.90 Å². The van der Waals surface area contributed by atoms with Crippen LogP contribution in [0.15, 0.2) is 35.8 Å². The topological polar surface area (TPSA) is 145 Å². The molecule has 1 fully saturated rings. The van der Waals surface area contributed by atoms with Crippen LogP contribution in [0.1, 0.15) is 29.4 Å². The van der Waals surface area contributed by atoms with E-state index in [4.69, 9.17) is 5.26 Å². The Morgan fingerprint density at radius 1 is 1.21 bits per heavy atom. The van der Waals surface area contributed by atoms with Crippen LogP contribution in [0.4, 0.5) is 10.7 Å². The van der Waals surface area contributed by atoms with Crippen LogP contribution in [-0.4, -0.2) is 83.5 Å². The second kappa shape index (κ2) is 8.58. The first kappa shape index (κ1) is 20.4. The van der Waals surface area contributed by atoms with Crippen molar-refractivity contribution in [2.45, 2.75) is 19.4 Å². The van der Waals surface area contributed by atoms with Gasteiger partial charge in [-0.15, -0.1) is 5.10 Å². The third-order valence-electron chi connectivity index (χ3n) is 5.60. The molecule has 0 spiro atoms. The quantitative estimate of drug-likeness (QED) is 0.570. The SMILES string of the molecule is Cc1nnnn1-c1ccnc(N2CCN(C(=O)N3N=CC[C@H]3c3cncc(C#N)c3)CC2)n1. The van der Waals surface area contributed by atoms with Gasteiger partial charge in [-0.1, -0.05) is 0 Å². The molecule has 3 aromatic rings. The van der Waals surface area contributed by atoms with Gasteiger partial charge in [-0.2, -0.15) is 20.0 Å². The van der Waals surface area contributed by atoms with Gasteiger partial charge < -0.3 is 9.80 Å². The van der Waals surface area contributed by atoms with Gasteiger partial charge in [0.2, 0.25) is 5.95 Å². The van der Waals surface area contributed by atoms with E-state index in [2.05, 4.69) is 41.6 Å². The summed E-state index contributed by atoms with van der Waals surface area (Å²) in [7, 11) is 0. The molecule has 0 aromatic carbocycles. The third-order valence-corrected chi connectivity index (χ3v) is 5.60. The van der Waals surface area contributed by atoms with E-state index in [1.54, 1.807) is 47.2 Å². The number of urea groups is 1. The highest BCUT2D eigenvalue weighted by Crippen LogP contribution is 2.29. The molecule has 13 heteroatoms. The number of amides is 2. The lowest BCUT2D eigenvalue weighted by Crippen LogP contribution is -2.52. The maximum Gasteiger partial charge on any atom is 0.341 e. The number of carbonyl (C=O) groups is 1. The fourth-order valence-electron chi connectivity index (χ4n) is 3.87. The maximum absolute atomic E-state index is 13.2. The molecule has 2 amide bonds. The minimum Gasteiger partial charge on any atom is -0.337 e. The number of nitriles is 1. The molecule has 3 aromatic heterocycles. The largest absolute Gasteiger partial charge is 0.341 e. The fourth-order valence-corrected chi connectivity index (χ4v) is 3.87. The number of anilines is 1. The predicted molar refractivity (Wildman–Crippen MR) is 115 cm³/mol. The summed E-state index contributed by atoms with van der Waals surface area (Å²) in [4.78, 5) is 30.1. The number of carbonyl (C=O) groups excluding carboxylic acids is 1. The van der Waals surface area contributed by atoms with E-state index in [1.165, 1.54) is 11.2 Å². The van der Waals surface area contributed by atoms with E-state index in [0.29, 0.717) is 55.8 Å². The summed E-state index contributed by atoms with van der Waals surface area (Å²) < 4.78 is 1.55. The summed E-state index contributed by atoms with van der Waals surface area (Å²) in [6.45, 7) is 3.97. The Hall–Kier alpha value is -4.47. The lowest BCUT2D eigenvalue weighted by atomic mass is 10.1. The number of pyridine rings is 1. The molecule has 0 N–H and O–H groups in total. The minimum absolute atomic E-state index is 0.172. The zero-order valence-electron chi connectivity index (χ0n) is 17.9. The van der Waals surface area contributed by atoms with E-state index < -0.39 is 0 Å². The highest BCUT2D eigenvalue weighted by molar-refractivity contribution is 5.78. The molecule has 2 aliphatic rings. The number of hydrogen-bond acceptors (Lipinski definition) is 10. The molecule has 0 unspecified atom stereocenters. The van der Waals surface area contributed by atoms with Crippen LogP contribution in [0.5, 0.6) is 0 Å². The second-order valence-electron chi connectivity index (χ2n) is 7.62. The summed E-state index contributed by atoms with van der Waals surface area (Å²) >= 11 is 0. The highest BCUT2D eigenvalue weighted by atomic mass is 16.2. The Morgan fingerprint density at radius 3 is 2.82 bits per heavy atom. The minimum atomic E-state index is -0.268. The number of nitrogens with zero attached hydrogens (tertiary/aromatic N) is 12. The average Bonchev–Trinajstić information content (AvgIpc) is 3.53. The first-order valence-corrected chi connectivity index (χ1v) is 10.4. The molecule has 33 heavy (non-hydrogen) atoms. The van der Waals surface area contributed by atoms with Gasteiger partial charge in [0.05, 0.1) is 11.6 Å². The smallest absolute Gasteiger partial charge is 0.337 e. The standard InChI is InChI=1S/C20H20N12O/c1-14-26-27-28-31(14)18-3-4-23-19(25-18)29-6-8-30(9-7-29)20(33)32-17(2-5-24-32)16-10-15(11-21)12-22-13-16/h3-5,10,12-13,17H,2,6-9H2,1H3/t17-/m0/s1. The first-order chi connectivity index (χ1) is 16.1. The van der Waals surface area contributed by atoms with Crippen LogP contribution in [0.2, 0.25) is 0 Å². The van der Waals surface area contributed by atoms with Crippen LogP contribution < -0.4 is 4.90 Å². The Labute approximate surface area is 189 Å². The number of rotatable bonds is 3. The van der Waals surface area contributed by atoms with Crippen molar-refractivity contribution in [2.75, 3.05) is 31.1 Å². The number of aryl methyl sites for hydroxylation is 1. The van der Waals surface area contributed by atoms with Gasteiger partial charge in [-0.05, 0) is 29.0 Å². The number of hydrazone groups is 1. The number of aromatic nitrogens is 7. The van der Waals surface area contributed by atoms with Crippen molar-refractivity contribution in [3.8, 4) is 11.9 Å². The summed E-state index contributed by atoms with van der Waals surface area (Å²) in [5.41, 5.74) is 1.25. The molecular weight excluding hydrogens is 424 g/mol. The fraction of sp³-hybridized carbons (Fsp3) is 0.350. The van der Waals surface area contributed by atoms with Crippen LogP contribution >= 0.6 is 0 Å². The zero-order valence-corrected chi connectivity index (χ0v) is 17.9. The average molecular weight is 444 g/mol. The molecule has 1 atom stereocenters. The van der Waals surface area contributed by atoms with Crippen molar-refractivity contribution in [1.82, 2.24) is 45.1 Å². The normalized spacial score (nSPS) is 17.9. The Balaban J connectivity index is 1.26. The van der Waals surface area contributed by atoms with Gasteiger partial charge in [0.1, 0.15) is 6.07 Å². The molecule has 1 saturated heterocycles. The van der Waals surface area contributed by atoms with Crippen molar-refractivity contribution >= 4 is 18.2 Å². The molecule has 5 rings (SSSR count). The van der Waals surface area contributed by atoms with Crippen LogP contribution in [-0.2, 0) is 0 Å². The molecule has 166 valence electrons. The van der Waals surface area contributed by atoms with Gasteiger partial charge in [0.15, 0.2) is 11.6 Å². The van der Waals surface area contributed by atoms with Crippen molar-refractivity contribution < 1.29 is 4.79 Å². The first-order valence-electron chi connectivity index (χ1n) is 10.4. The predicted octanol–water partition coefficient (Wildman–Crippen LogP) is 0.702. The van der Waals surface area contributed by atoms with Gasteiger partial charge in [0.25, 0.3) is 0 Å². The highest BCUT2D eigenvalue weighted by Gasteiger charge is 2.33. The van der Waals surface area contributed by atoms with E-state index in [0.717, 1.165) is 5.56 Å². The number of tetrazole rings is 1. The van der Waals surface area contributed by atoms with Crippen LogP contribution in [0, 0.1) is 18.3 Å².